The van der Waals surface area contributed by atoms with Gasteiger partial charge in [-0.05, 0) is 18.2 Å². The largest absolute Gasteiger partial charge is 0.497 e. The Morgan fingerprint density at radius 2 is 2.33 bits per heavy atom. The van der Waals surface area contributed by atoms with Crippen LogP contribution in [0.3, 0.4) is 0 Å². The Hall–Kier alpha value is -1.82. The second kappa shape index (κ2) is 5.52. The van der Waals surface area contributed by atoms with Gasteiger partial charge in [0.25, 0.3) is 0 Å². The molecule has 2 aliphatic heterocycles. The minimum Gasteiger partial charge on any atom is -0.497 e. The van der Waals surface area contributed by atoms with Gasteiger partial charge in [-0.3, -0.25) is 10.2 Å². The molecule has 0 amide bonds. The van der Waals surface area contributed by atoms with E-state index in [0.29, 0.717) is 19.0 Å². The fourth-order valence-electron chi connectivity index (χ4n) is 2.61. The second-order valence-corrected chi connectivity index (χ2v) is 7.16. The lowest BCUT2D eigenvalue weighted by Gasteiger charge is -2.34. The first kappa shape index (κ1) is 14.1. The van der Waals surface area contributed by atoms with Crippen LogP contribution in [0.1, 0.15) is 12.5 Å². The Kier molecular flexibility index (Phi) is 3.71. The van der Waals surface area contributed by atoms with E-state index in [4.69, 9.17) is 14.9 Å². The van der Waals surface area contributed by atoms with E-state index in [1.54, 1.807) is 19.4 Å². The molecule has 1 aromatic carbocycles. The molecule has 1 aromatic rings. The van der Waals surface area contributed by atoms with Gasteiger partial charge >= 0.3 is 0 Å². The molecule has 0 saturated heterocycles. The number of amidine groups is 1. The second-order valence-electron chi connectivity index (χ2n) is 5.16. The summed E-state index contributed by atoms with van der Waals surface area (Å²) in [5.74, 6) is 2.78. The van der Waals surface area contributed by atoms with E-state index >= 15 is 0 Å². The van der Waals surface area contributed by atoms with Gasteiger partial charge in [-0.15, -0.1) is 10.5 Å². The average Bonchev–Trinajstić information content (AvgIpc) is 2.66. The summed E-state index contributed by atoms with van der Waals surface area (Å²) in [6.07, 6.45) is 0. The molecule has 112 valence electrons. The van der Waals surface area contributed by atoms with Gasteiger partial charge in [0.15, 0.2) is 5.12 Å². The van der Waals surface area contributed by atoms with Gasteiger partial charge in [-0.2, -0.15) is 0 Å². The Labute approximate surface area is 126 Å². The Morgan fingerprint density at radius 1 is 1.52 bits per heavy atom. The summed E-state index contributed by atoms with van der Waals surface area (Å²) in [7, 11) is 1.18. The summed E-state index contributed by atoms with van der Waals surface area (Å²) in [5, 5.41) is 10.1. The molecule has 5 nitrogen and oxygen atoms in total. The lowest BCUT2D eigenvalue weighted by Crippen LogP contribution is -2.47. The van der Waals surface area contributed by atoms with Gasteiger partial charge in [0, 0.05) is 30.2 Å². The van der Waals surface area contributed by atoms with Crippen LogP contribution >= 0.6 is 10.5 Å². The van der Waals surface area contributed by atoms with Gasteiger partial charge in [0.1, 0.15) is 23.9 Å². The third-order valence-corrected chi connectivity index (χ3v) is 5.77. The van der Waals surface area contributed by atoms with Crippen LogP contribution in [-0.2, 0) is 11.3 Å². The molecule has 2 aliphatic rings. The summed E-state index contributed by atoms with van der Waals surface area (Å²) in [6.45, 7) is 2.72. The molecule has 1 N–H and O–H groups in total. The molecular weight excluding hydrogens is 288 g/mol. The third-order valence-electron chi connectivity index (χ3n) is 3.78. The average molecular weight is 306 g/mol. The molecule has 0 radical (unpaired) electrons. The van der Waals surface area contributed by atoms with Crippen molar-refractivity contribution in [3.8, 4) is 11.5 Å². The summed E-state index contributed by atoms with van der Waals surface area (Å²) in [5.41, 5.74) is 1.01. The highest BCUT2D eigenvalue weighted by Crippen LogP contribution is 2.32. The smallest absolute Gasteiger partial charge is 0.180 e. The predicted molar refractivity (Wildman–Crippen MR) is 84.7 cm³/mol. The van der Waals surface area contributed by atoms with E-state index in [2.05, 4.69) is 0 Å². The molecule has 0 saturated carbocycles. The van der Waals surface area contributed by atoms with E-state index in [0.717, 1.165) is 22.8 Å². The van der Waals surface area contributed by atoms with Crippen LogP contribution in [0.25, 0.3) is 0 Å². The fourth-order valence-corrected chi connectivity index (χ4v) is 4.21. The standard InChI is InChI=1S/C15H18N2O3S/c1-10(18)21-8-12-7-20-14-4-3-13(19-2)5-11(14)6-17(12)15(16)9-21/h3-5,9,12,16H,6-8H2,1-2H3. The summed E-state index contributed by atoms with van der Waals surface area (Å²) < 4.78 is 11.1. The summed E-state index contributed by atoms with van der Waals surface area (Å²) in [4.78, 5) is 13.6. The van der Waals surface area contributed by atoms with Crippen LogP contribution in [-0.4, -0.2) is 46.7 Å². The maximum absolute atomic E-state index is 11.6. The Bertz CT molecular complexity index is 642. The van der Waals surface area contributed by atoms with Crippen LogP contribution < -0.4 is 9.47 Å². The van der Waals surface area contributed by atoms with E-state index in [1.165, 1.54) is 0 Å². The molecule has 0 fully saturated rings. The molecule has 2 unspecified atom stereocenters. The zero-order chi connectivity index (χ0) is 15.0. The molecule has 2 heterocycles. The number of hydrogen-bond donors (Lipinski definition) is 1. The zero-order valence-electron chi connectivity index (χ0n) is 12.1. The normalized spacial score (nSPS) is 24.1. The van der Waals surface area contributed by atoms with Gasteiger partial charge in [0.05, 0.1) is 13.2 Å². The van der Waals surface area contributed by atoms with Crippen molar-refractivity contribution in [1.82, 2.24) is 4.90 Å². The lowest BCUT2D eigenvalue weighted by molar-refractivity contribution is -0.109. The highest BCUT2D eigenvalue weighted by molar-refractivity contribution is 8.28. The van der Waals surface area contributed by atoms with Crippen LogP contribution in [0.15, 0.2) is 18.2 Å². The number of methoxy groups -OCH3 is 1. The Balaban J connectivity index is 1.92. The number of nitrogens with zero attached hydrogens (tertiary/aromatic N) is 1. The first-order chi connectivity index (χ1) is 10.1. The molecule has 0 aromatic heterocycles. The van der Waals surface area contributed by atoms with E-state index in [-0.39, 0.29) is 11.2 Å². The maximum atomic E-state index is 11.6. The zero-order valence-corrected chi connectivity index (χ0v) is 12.9. The summed E-state index contributed by atoms with van der Waals surface area (Å²) in [6, 6.07) is 5.81. The third kappa shape index (κ3) is 2.68. The number of carbonyl (C=O) groups excluding carboxylic acids is 1. The predicted octanol–water partition coefficient (Wildman–Crippen LogP) is 1.87. The van der Waals surface area contributed by atoms with Gasteiger partial charge in [0.2, 0.25) is 0 Å². The number of rotatable bonds is 1. The van der Waals surface area contributed by atoms with Crippen molar-refractivity contribution < 1.29 is 14.3 Å². The van der Waals surface area contributed by atoms with Crippen molar-refractivity contribution in [1.29, 1.82) is 5.41 Å². The minimum atomic E-state index is -0.459. The molecule has 0 spiro atoms. The summed E-state index contributed by atoms with van der Waals surface area (Å²) >= 11 is 0. The monoisotopic (exact) mass is 306 g/mol. The van der Waals surface area contributed by atoms with Crippen molar-refractivity contribution in [3.63, 3.8) is 0 Å². The van der Waals surface area contributed by atoms with Crippen molar-refractivity contribution in [2.24, 2.45) is 0 Å². The number of fused-ring (bicyclic) bond motifs is 2. The highest BCUT2D eigenvalue weighted by Gasteiger charge is 2.31. The van der Waals surface area contributed by atoms with Gasteiger partial charge < -0.3 is 14.4 Å². The van der Waals surface area contributed by atoms with Crippen molar-refractivity contribution in [2.75, 3.05) is 19.5 Å². The minimum absolute atomic E-state index is 0.0770. The number of benzene rings is 1. The van der Waals surface area contributed by atoms with Crippen LogP contribution in [0, 0.1) is 5.41 Å². The van der Waals surface area contributed by atoms with Crippen molar-refractivity contribution >= 4 is 26.8 Å². The molecule has 2 atom stereocenters. The van der Waals surface area contributed by atoms with Gasteiger partial charge in [-0.1, -0.05) is 0 Å². The molecule has 6 heteroatoms. The number of nitrogens with one attached hydrogen (secondary N) is 1. The Morgan fingerprint density at radius 3 is 3.05 bits per heavy atom. The molecule has 0 bridgehead atoms. The number of ether oxygens (including phenoxy) is 2. The van der Waals surface area contributed by atoms with Crippen LogP contribution in [0.2, 0.25) is 0 Å². The fraction of sp³-hybridized carbons (Fsp3) is 0.400. The van der Waals surface area contributed by atoms with Crippen molar-refractivity contribution in [2.45, 2.75) is 19.5 Å². The van der Waals surface area contributed by atoms with Crippen molar-refractivity contribution in [3.05, 3.63) is 23.8 Å². The van der Waals surface area contributed by atoms with E-state index in [9.17, 15) is 4.79 Å². The first-order valence-electron chi connectivity index (χ1n) is 6.78. The van der Waals surface area contributed by atoms with Gasteiger partial charge in [-0.25, -0.2) is 0 Å². The number of carbonyl (C=O) groups is 1. The molecule has 0 aliphatic carbocycles. The molecule has 3 rings (SSSR count). The topological polar surface area (TPSA) is 62.6 Å². The van der Waals surface area contributed by atoms with Crippen LogP contribution in [0.5, 0.6) is 11.5 Å². The highest BCUT2D eigenvalue weighted by atomic mass is 32.2. The lowest BCUT2D eigenvalue weighted by atomic mass is 10.1. The molecule has 21 heavy (non-hydrogen) atoms. The molecular formula is C15H18N2O3S. The van der Waals surface area contributed by atoms with E-state index < -0.39 is 10.5 Å². The maximum Gasteiger partial charge on any atom is 0.180 e. The van der Waals surface area contributed by atoms with E-state index in [1.807, 2.05) is 23.1 Å². The quantitative estimate of drug-likeness (QED) is 0.805. The van der Waals surface area contributed by atoms with Crippen LogP contribution in [0.4, 0.5) is 0 Å². The SMILES string of the molecule is COc1ccc2c(c1)CN1C(=N)C=S(C(C)=O)CC1CO2. The first-order valence-corrected chi connectivity index (χ1v) is 8.24. The number of hydrogen-bond acceptors (Lipinski definition) is 4.